The van der Waals surface area contributed by atoms with Crippen molar-refractivity contribution in [3.63, 3.8) is 0 Å². The zero-order valence-electron chi connectivity index (χ0n) is 19.9. The molecule has 0 aliphatic carbocycles. The highest BCUT2D eigenvalue weighted by molar-refractivity contribution is 7.98. The van der Waals surface area contributed by atoms with E-state index in [1.807, 2.05) is 34.0 Å². The van der Waals surface area contributed by atoms with Crippen molar-refractivity contribution in [3.8, 4) is 0 Å². The van der Waals surface area contributed by atoms with Crippen molar-refractivity contribution in [2.24, 2.45) is 11.8 Å². The molecule has 1 aliphatic rings. The minimum absolute atomic E-state index is 0.130. The molecule has 1 saturated heterocycles. The van der Waals surface area contributed by atoms with E-state index in [2.05, 4.69) is 21.3 Å². The van der Waals surface area contributed by atoms with Crippen LogP contribution in [0.3, 0.4) is 0 Å². The highest BCUT2D eigenvalue weighted by atomic mass is 32.2. The van der Waals surface area contributed by atoms with E-state index in [4.69, 9.17) is 0 Å². The van der Waals surface area contributed by atoms with Crippen LogP contribution in [0.1, 0.15) is 59.8 Å². The summed E-state index contributed by atoms with van der Waals surface area (Å²) in [5, 5.41) is 20.8. The summed E-state index contributed by atoms with van der Waals surface area (Å²) in [5.74, 6) is -2.01. The molecule has 0 aromatic rings. The number of carboxylic acids is 1. The molecule has 0 spiro atoms. The Kier molecular flexibility index (Phi) is 12.7. The summed E-state index contributed by atoms with van der Waals surface area (Å²) < 4.78 is 0. The maximum atomic E-state index is 13.2. The van der Waals surface area contributed by atoms with Crippen molar-refractivity contribution in [1.29, 1.82) is 0 Å². The fourth-order valence-electron chi connectivity index (χ4n) is 3.56. The average molecular weight is 473 g/mol. The highest BCUT2D eigenvalue weighted by Crippen LogP contribution is 2.14. The fourth-order valence-corrected chi connectivity index (χ4v) is 4.04. The second-order valence-corrected chi connectivity index (χ2v) is 9.56. The largest absolute Gasteiger partial charge is 0.480 e. The molecule has 6 atom stereocenters. The van der Waals surface area contributed by atoms with E-state index < -0.39 is 35.9 Å². The number of carboxylic acid groups (broad SMARTS) is 1. The first-order valence-corrected chi connectivity index (χ1v) is 12.9. The lowest BCUT2D eigenvalue weighted by Crippen LogP contribution is -2.60. The number of amides is 3. The summed E-state index contributed by atoms with van der Waals surface area (Å²) in [6.45, 7) is 8.33. The molecule has 1 heterocycles. The second-order valence-electron chi connectivity index (χ2n) is 8.57. The summed E-state index contributed by atoms with van der Waals surface area (Å²) in [6, 6.07) is -2.99. The topological polar surface area (TPSA) is 137 Å². The van der Waals surface area contributed by atoms with Crippen LogP contribution in [0, 0.1) is 11.8 Å². The van der Waals surface area contributed by atoms with Crippen LogP contribution in [-0.2, 0) is 19.2 Å². The van der Waals surface area contributed by atoms with Gasteiger partial charge in [-0.3, -0.25) is 14.4 Å². The Balaban J connectivity index is 2.94. The maximum absolute atomic E-state index is 13.2. The van der Waals surface area contributed by atoms with Crippen molar-refractivity contribution < 1.29 is 24.3 Å². The molecule has 1 aliphatic heterocycles. The first kappa shape index (κ1) is 28.2. The van der Waals surface area contributed by atoms with Gasteiger partial charge >= 0.3 is 5.97 Å². The number of aliphatic carboxylic acids is 1. The van der Waals surface area contributed by atoms with Crippen LogP contribution in [0.15, 0.2) is 0 Å². The van der Waals surface area contributed by atoms with E-state index in [0.717, 1.165) is 19.4 Å². The quantitative estimate of drug-likeness (QED) is 0.255. The van der Waals surface area contributed by atoms with Gasteiger partial charge in [-0.05, 0) is 49.7 Å². The Bertz CT molecular complexity index is 642. The third kappa shape index (κ3) is 8.61. The summed E-state index contributed by atoms with van der Waals surface area (Å²) in [6.07, 6.45) is 5.09. The number of carbonyl (C=O) groups is 4. The third-order valence-corrected chi connectivity index (χ3v) is 6.83. The first-order valence-electron chi connectivity index (χ1n) is 11.5. The molecule has 0 saturated carbocycles. The summed E-state index contributed by atoms with van der Waals surface area (Å²) in [7, 11) is 0. The number of hydrogen-bond acceptors (Lipinski definition) is 6. The molecular formula is C22H40N4O5S. The Morgan fingerprint density at radius 3 is 2.03 bits per heavy atom. The molecule has 9 nitrogen and oxygen atoms in total. The maximum Gasteiger partial charge on any atom is 0.326 e. The van der Waals surface area contributed by atoms with Crippen LogP contribution in [0.4, 0.5) is 0 Å². The highest BCUT2D eigenvalue weighted by Gasteiger charge is 2.35. The van der Waals surface area contributed by atoms with Gasteiger partial charge in [-0.15, -0.1) is 0 Å². The minimum Gasteiger partial charge on any atom is -0.480 e. The number of hydrogen-bond donors (Lipinski definition) is 5. The van der Waals surface area contributed by atoms with Gasteiger partial charge in [0.25, 0.3) is 0 Å². The molecule has 32 heavy (non-hydrogen) atoms. The van der Waals surface area contributed by atoms with Crippen LogP contribution in [0.25, 0.3) is 0 Å². The molecule has 0 bridgehead atoms. The van der Waals surface area contributed by atoms with Gasteiger partial charge in [-0.25, -0.2) is 4.79 Å². The average Bonchev–Trinajstić information content (AvgIpc) is 3.31. The predicted molar refractivity (Wildman–Crippen MR) is 126 cm³/mol. The lowest BCUT2D eigenvalue weighted by atomic mass is 9.94. The van der Waals surface area contributed by atoms with E-state index in [1.54, 1.807) is 0 Å². The fraction of sp³-hybridized carbons (Fsp3) is 0.818. The predicted octanol–water partition coefficient (Wildman–Crippen LogP) is 1.12. The van der Waals surface area contributed by atoms with Gasteiger partial charge in [-0.2, -0.15) is 11.8 Å². The number of nitrogens with one attached hydrogen (secondary N) is 4. The molecule has 1 fully saturated rings. The monoisotopic (exact) mass is 472 g/mol. The molecule has 6 unspecified atom stereocenters. The molecule has 10 heteroatoms. The standard InChI is InChI=1S/C22H40N4O5S/c1-6-13(3)17(20(28)24-16(22(30)31)10-12-32-5)26-21(29)18(14(4)7-2)25-19(27)15-9-8-11-23-15/h13-18,23H,6-12H2,1-5H3,(H,24,28)(H,25,27)(H,26,29)(H,30,31). The Morgan fingerprint density at radius 2 is 1.56 bits per heavy atom. The van der Waals surface area contributed by atoms with Gasteiger partial charge in [0.2, 0.25) is 17.7 Å². The third-order valence-electron chi connectivity index (χ3n) is 6.19. The molecule has 0 aromatic carbocycles. The van der Waals surface area contributed by atoms with Crippen LogP contribution < -0.4 is 21.3 Å². The Hall–Kier alpha value is -1.81. The van der Waals surface area contributed by atoms with Crippen molar-refractivity contribution in [3.05, 3.63) is 0 Å². The summed E-state index contributed by atoms with van der Waals surface area (Å²) >= 11 is 1.50. The van der Waals surface area contributed by atoms with Gasteiger partial charge in [0.1, 0.15) is 18.1 Å². The van der Waals surface area contributed by atoms with Crippen molar-refractivity contribution in [2.45, 2.75) is 84.0 Å². The molecule has 0 radical (unpaired) electrons. The van der Waals surface area contributed by atoms with Gasteiger partial charge < -0.3 is 26.4 Å². The van der Waals surface area contributed by atoms with E-state index in [-0.39, 0.29) is 23.8 Å². The summed E-state index contributed by atoms with van der Waals surface area (Å²) in [4.78, 5) is 50.3. The molecule has 0 aromatic heterocycles. The lowest BCUT2D eigenvalue weighted by Gasteiger charge is -2.30. The lowest BCUT2D eigenvalue weighted by molar-refractivity contribution is -0.142. The molecule has 3 amide bonds. The van der Waals surface area contributed by atoms with Gasteiger partial charge in [0.05, 0.1) is 6.04 Å². The minimum atomic E-state index is -1.10. The van der Waals surface area contributed by atoms with E-state index >= 15 is 0 Å². The van der Waals surface area contributed by atoms with Crippen molar-refractivity contribution >= 4 is 35.5 Å². The zero-order chi connectivity index (χ0) is 24.3. The van der Waals surface area contributed by atoms with Crippen LogP contribution in [0.2, 0.25) is 0 Å². The van der Waals surface area contributed by atoms with Crippen LogP contribution in [0.5, 0.6) is 0 Å². The first-order chi connectivity index (χ1) is 15.2. The molecule has 184 valence electrons. The number of carbonyl (C=O) groups excluding carboxylic acids is 3. The normalized spacial score (nSPS) is 20.5. The molecular weight excluding hydrogens is 432 g/mol. The smallest absolute Gasteiger partial charge is 0.326 e. The second kappa shape index (κ2) is 14.4. The van der Waals surface area contributed by atoms with E-state index in [1.165, 1.54) is 11.8 Å². The van der Waals surface area contributed by atoms with Crippen LogP contribution in [-0.4, -0.2) is 71.5 Å². The SMILES string of the molecule is CCC(C)C(NC(=O)C1CCCN1)C(=O)NC(C(=O)NC(CCSC)C(=O)O)C(C)CC. The number of rotatable bonds is 14. The van der Waals surface area contributed by atoms with Gasteiger partial charge in [-0.1, -0.05) is 40.5 Å². The van der Waals surface area contributed by atoms with E-state index in [0.29, 0.717) is 25.0 Å². The van der Waals surface area contributed by atoms with Gasteiger partial charge in [0.15, 0.2) is 0 Å². The van der Waals surface area contributed by atoms with E-state index in [9.17, 15) is 24.3 Å². The Morgan fingerprint density at radius 1 is 1.00 bits per heavy atom. The van der Waals surface area contributed by atoms with Gasteiger partial charge in [0, 0.05) is 0 Å². The number of thioether (sulfide) groups is 1. The van der Waals surface area contributed by atoms with Crippen molar-refractivity contribution in [1.82, 2.24) is 21.3 Å². The summed E-state index contributed by atoms with van der Waals surface area (Å²) in [5.41, 5.74) is 0. The van der Waals surface area contributed by atoms with Crippen molar-refractivity contribution in [2.75, 3.05) is 18.6 Å². The molecule has 1 rings (SSSR count). The zero-order valence-corrected chi connectivity index (χ0v) is 20.7. The molecule has 5 N–H and O–H groups in total. The van der Waals surface area contributed by atoms with Crippen LogP contribution >= 0.6 is 11.8 Å². The Labute approximate surface area is 195 Å².